The number of ether oxygens (including phenoxy) is 1. The third kappa shape index (κ3) is 8.53. The van der Waals surface area contributed by atoms with Crippen molar-refractivity contribution in [3.63, 3.8) is 0 Å². The van der Waals surface area contributed by atoms with Gasteiger partial charge >= 0.3 is 12.1 Å². The normalized spacial score (nSPS) is 18.9. The molecular formula is C29H36F3N3O5. The number of halogens is 3. The minimum Gasteiger partial charge on any atom is -0.475 e. The smallest absolute Gasteiger partial charge is 0.475 e. The second-order valence-corrected chi connectivity index (χ2v) is 10.5. The number of amides is 2. The maximum Gasteiger partial charge on any atom is 0.490 e. The Morgan fingerprint density at radius 3 is 2.20 bits per heavy atom. The molecule has 1 atom stereocenters. The molecule has 2 aliphatic heterocycles. The summed E-state index contributed by atoms with van der Waals surface area (Å²) in [6.45, 7) is 5.33. The van der Waals surface area contributed by atoms with Crippen molar-refractivity contribution in [3.8, 4) is 0 Å². The molecular weight excluding hydrogens is 527 g/mol. The predicted molar refractivity (Wildman–Crippen MR) is 142 cm³/mol. The minimum atomic E-state index is -5.08. The average Bonchev–Trinajstić information content (AvgIpc) is 2.90. The number of hydrogen-bond donors (Lipinski definition) is 1. The van der Waals surface area contributed by atoms with E-state index in [-0.39, 0.29) is 17.4 Å². The minimum absolute atomic E-state index is 0.0165. The molecule has 8 nitrogen and oxygen atoms in total. The highest BCUT2D eigenvalue weighted by atomic mass is 19.4. The lowest BCUT2D eigenvalue weighted by molar-refractivity contribution is -0.192. The van der Waals surface area contributed by atoms with Gasteiger partial charge in [-0.05, 0) is 43.5 Å². The predicted octanol–water partition coefficient (Wildman–Crippen LogP) is 3.52. The zero-order valence-corrected chi connectivity index (χ0v) is 23.0. The van der Waals surface area contributed by atoms with Crippen LogP contribution in [0.25, 0.3) is 0 Å². The van der Waals surface area contributed by atoms with Crippen LogP contribution in [0.4, 0.5) is 13.2 Å². The zero-order chi connectivity index (χ0) is 29.5. The summed E-state index contributed by atoms with van der Waals surface area (Å²) in [5, 5.41) is 7.12. The molecule has 2 heterocycles. The van der Waals surface area contributed by atoms with Crippen molar-refractivity contribution in [3.05, 3.63) is 71.3 Å². The molecule has 1 N–H and O–H groups in total. The number of carbonyl (C=O) groups excluding carboxylic acids is 2. The molecule has 1 unspecified atom stereocenters. The number of piperidine rings is 1. The van der Waals surface area contributed by atoms with Gasteiger partial charge in [0.1, 0.15) is 6.10 Å². The number of benzene rings is 2. The number of hydrogen-bond acceptors (Lipinski definition) is 5. The Balaban J connectivity index is 0.000000559. The second kappa shape index (κ2) is 13.3. The number of rotatable bonds is 5. The Morgan fingerprint density at radius 1 is 1.05 bits per heavy atom. The molecule has 0 bridgehead atoms. The van der Waals surface area contributed by atoms with Gasteiger partial charge in [-0.1, -0.05) is 54.6 Å². The fourth-order valence-electron chi connectivity index (χ4n) is 5.05. The molecule has 2 aliphatic rings. The first-order valence-electron chi connectivity index (χ1n) is 13.1. The van der Waals surface area contributed by atoms with E-state index in [1.165, 1.54) is 0 Å². The van der Waals surface area contributed by atoms with Crippen LogP contribution in [-0.2, 0) is 32.1 Å². The molecule has 40 heavy (non-hydrogen) atoms. The van der Waals surface area contributed by atoms with Gasteiger partial charge in [0, 0.05) is 39.8 Å². The average molecular weight is 564 g/mol. The molecule has 1 spiro atoms. The summed E-state index contributed by atoms with van der Waals surface area (Å²) in [4.78, 5) is 40.9. The van der Waals surface area contributed by atoms with E-state index in [1.807, 2.05) is 73.5 Å². The fourth-order valence-corrected chi connectivity index (χ4v) is 5.05. The van der Waals surface area contributed by atoms with E-state index in [2.05, 4.69) is 11.9 Å². The standard InChI is InChI=1S/C27H35N3O3.C2HF3O2/c1-21-9-7-8-12-23(21)17-25(31)30-15-13-27(14-16-30)20-28(2)19-24(33-27)26(32)29(3)18-22-10-5-4-6-11-22;3-2(4,5)1(6)7/h4-12,24H,13-20H2,1-3H3;(H,6,7). The first kappa shape index (κ1) is 31.1. The van der Waals surface area contributed by atoms with Crippen LogP contribution in [0, 0.1) is 6.92 Å². The number of carboxylic acids is 1. The van der Waals surface area contributed by atoms with Gasteiger partial charge in [0.15, 0.2) is 0 Å². The maximum absolute atomic E-state index is 13.2. The quantitative estimate of drug-likeness (QED) is 0.599. The highest BCUT2D eigenvalue weighted by Gasteiger charge is 2.45. The summed E-state index contributed by atoms with van der Waals surface area (Å²) in [6.07, 6.45) is -3.62. The lowest BCUT2D eigenvalue weighted by Gasteiger charge is -2.49. The molecule has 2 aromatic rings. The summed E-state index contributed by atoms with van der Waals surface area (Å²) >= 11 is 0. The van der Waals surface area contributed by atoms with Crippen LogP contribution in [0.3, 0.4) is 0 Å². The van der Waals surface area contributed by atoms with Gasteiger partial charge in [0.05, 0.1) is 12.0 Å². The molecule has 4 rings (SSSR count). The molecule has 2 fully saturated rings. The van der Waals surface area contributed by atoms with E-state index in [9.17, 15) is 22.8 Å². The molecule has 218 valence electrons. The van der Waals surface area contributed by atoms with Gasteiger partial charge in [0.2, 0.25) is 5.91 Å². The largest absolute Gasteiger partial charge is 0.490 e. The highest BCUT2D eigenvalue weighted by Crippen LogP contribution is 2.33. The third-order valence-corrected chi connectivity index (χ3v) is 7.21. The number of alkyl halides is 3. The molecule has 0 aromatic heterocycles. The second-order valence-electron chi connectivity index (χ2n) is 10.5. The van der Waals surface area contributed by atoms with Crippen molar-refractivity contribution in [1.82, 2.24) is 14.7 Å². The van der Waals surface area contributed by atoms with E-state index in [0.29, 0.717) is 32.6 Å². The van der Waals surface area contributed by atoms with Crippen LogP contribution in [0.5, 0.6) is 0 Å². The number of likely N-dealkylation sites (N-methyl/N-ethyl adjacent to an activating group) is 2. The van der Waals surface area contributed by atoms with E-state index in [0.717, 1.165) is 36.1 Å². The lowest BCUT2D eigenvalue weighted by Crippen LogP contribution is -2.62. The summed E-state index contributed by atoms with van der Waals surface area (Å²) < 4.78 is 38.2. The first-order valence-corrected chi connectivity index (χ1v) is 13.1. The highest BCUT2D eigenvalue weighted by molar-refractivity contribution is 5.81. The van der Waals surface area contributed by atoms with E-state index >= 15 is 0 Å². The van der Waals surface area contributed by atoms with E-state index in [1.54, 1.807) is 4.90 Å². The van der Waals surface area contributed by atoms with Crippen LogP contribution in [0.15, 0.2) is 54.6 Å². The van der Waals surface area contributed by atoms with Crippen molar-refractivity contribution in [2.24, 2.45) is 0 Å². The van der Waals surface area contributed by atoms with Crippen LogP contribution in [-0.4, -0.2) is 95.7 Å². The summed E-state index contributed by atoms with van der Waals surface area (Å²) in [5.74, 6) is -2.58. The summed E-state index contributed by atoms with van der Waals surface area (Å²) in [6, 6.07) is 18.1. The van der Waals surface area contributed by atoms with Crippen molar-refractivity contribution in [2.75, 3.05) is 40.3 Å². The summed E-state index contributed by atoms with van der Waals surface area (Å²) in [5.41, 5.74) is 2.97. The van der Waals surface area contributed by atoms with E-state index < -0.39 is 18.2 Å². The number of carbonyl (C=O) groups is 3. The number of nitrogens with zero attached hydrogens (tertiary/aromatic N) is 3. The number of aliphatic carboxylic acids is 1. The molecule has 0 aliphatic carbocycles. The molecule has 0 radical (unpaired) electrons. The SMILES string of the molecule is Cc1ccccc1CC(=O)N1CCC2(CC1)CN(C)CC(C(=O)N(C)Cc1ccccc1)O2.O=C(O)C(F)(F)F. The molecule has 2 amide bonds. The first-order chi connectivity index (χ1) is 18.8. The van der Waals surface area contributed by atoms with Crippen LogP contribution < -0.4 is 0 Å². The summed E-state index contributed by atoms with van der Waals surface area (Å²) in [7, 11) is 3.89. The maximum atomic E-state index is 13.2. The molecule has 11 heteroatoms. The molecule has 0 saturated carbocycles. The van der Waals surface area contributed by atoms with Crippen molar-refractivity contribution >= 4 is 17.8 Å². The van der Waals surface area contributed by atoms with Gasteiger partial charge in [0.25, 0.3) is 5.91 Å². The molecule has 2 aromatic carbocycles. The Hall–Kier alpha value is -3.44. The number of likely N-dealkylation sites (tertiary alicyclic amines) is 1. The number of carboxylic acid groups (broad SMARTS) is 1. The van der Waals surface area contributed by atoms with Gasteiger partial charge in [-0.15, -0.1) is 0 Å². The number of aryl methyl sites for hydroxylation is 1. The molecule has 2 saturated heterocycles. The van der Waals surface area contributed by atoms with E-state index in [4.69, 9.17) is 14.6 Å². The van der Waals surface area contributed by atoms with Crippen molar-refractivity contribution in [1.29, 1.82) is 0 Å². The van der Waals surface area contributed by atoms with Crippen LogP contribution in [0.1, 0.15) is 29.5 Å². The van der Waals surface area contributed by atoms with Gasteiger partial charge < -0.3 is 24.5 Å². The Labute approximate surface area is 232 Å². The third-order valence-electron chi connectivity index (χ3n) is 7.21. The van der Waals surface area contributed by atoms with Crippen LogP contribution >= 0.6 is 0 Å². The Morgan fingerprint density at radius 2 is 1.62 bits per heavy atom. The lowest BCUT2D eigenvalue weighted by atomic mass is 9.88. The monoisotopic (exact) mass is 563 g/mol. The van der Waals surface area contributed by atoms with Gasteiger partial charge in [-0.25, -0.2) is 4.79 Å². The Kier molecular flexibility index (Phi) is 10.3. The van der Waals surface area contributed by atoms with Crippen LogP contribution in [0.2, 0.25) is 0 Å². The fraction of sp³-hybridized carbons (Fsp3) is 0.483. The van der Waals surface area contributed by atoms with Crippen molar-refractivity contribution < 1.29 is 37.4 Å². The Bertz CT molecular complexity index is 1170. The zero-order valence-electron chi connectivity index (χ0n) is 23.0. The number of morpholine rings is 1. The van der Waals surface area contributed by atoms with Gasteiger partial charge in [-0.2, -0.15) is 13.2 Å². The van der Waals surface area contributed by atoms with Gasteiger partial charge in [-0.3, -0.25) is 9.59 Å². The van der Waals surface area contributed by atoms with Crippen molar-refractivity contribution in [2.45, 2.75) is 50.6 Å². The topological polar surface area (TPSA) is 90.4 Å².